The van der Waals surface area contributed by atoms with Crippen LogP contribution in [0.1, 0.15) is 18.4 Å². The number of aryl methyl sites for hydroxylation is 1. The molecule has 80 valence electrons. The monoisotopic (exact) mass is 314 g/mol. The molecule has 0 aliphatic carbocycles. The summed E-state index contributed by atoms with van der Waals surface area (Å²) in [6, 6.07) is 10.6. The van der Waals surface area contributed by atoms with Gasteiger partial charge in [0.2, 0.25) is 0 Å². The van der Waals surface area contributed by atoms with Gasteiger partial charge in [-0.05, 0) is 34.5 Å². The fourth-order valence-corrected chi connectivity index (χ4v) is 2.64. The minimum Gasteiger partial charge on any atom is -0.373 e. The van der Waals surface area contributed by atoms with Crippen molar-refractivity contribution in [1.82, 2.24) is 0 Å². The van der Waals surface area contributed by atoms with E-state index in [2.05, 4.69) is 57.0 Å². The third-order valence-corrected chi connectivity index (χ3v) is 3.60. The highest BCUT2D eigenvalue weighted by molar-refractivity contribution is 14.1. The van der Waals surface area contributed by atoms with Crippen LogP contribution in [0, 0.1) is 0 Å². The van der Waals surface area contributed by atoms with Gasteiger partial charge in [0.05, 0.1) is 12.7 Å². The summed E-state index contributed by atoms with van der Waals surface area (Å²) < 4.78 is 7.89. The summed E-state index contributed by atoms with van der Waals surface area (Å²) in [5, 5.41) is 0. The first-order valence-electron chi connectivity index (χ1n) is 5.35. The molecule has 1 fully saturated rings. The van der Waals surface area contributed by atoms with Crippen LogP contribution in [-0.2, 0) is 11.2 Å². The van der Waals surface area contributed by atoms with E-state index in [9.17, 15) is 0 Å². The highest BCUT2D eigenvalue weighted by atomic mass is 127. The molecule has 0 saturated carbocycles. The normalized spacial score (nSPS) is 23.5. The van der Waals surface area contributed by atoms with Crippen molar-refractivity contribution in [2.24, 2.45) is 0 Å². The van der Waals surface area contributed by atoms with Gasteiger partial charge >= 0.3 is 0 Å². The molecule has 0 aromatic heterocycles. The van der Waals surface area contributed by atoms with E-state index in [1.165, 1.54) is 11.1 Å². The Hall–Kier alpha value is -0.350. The minimum atomic E-state index is 0.363. The Labute approximate surface area is 105 Å². The van der Waals surface area contributed by atoms with Crippen LogP contribution in [0.4, 0.5) is 0 Å². The topological polar surface area (TPSA) is 9.23 Å². The highest BCUT2D eigenvalue weighted by Gasteiger charge is 2.20. The lowest BCUT2D eigenvalue weighted by Crippen LogP contribution is -2.08. The first kappa shape index (κ1) is 11.1. The van der Waals surface area contributed by atoms with E-state index in [4.69, 9.17) is 4.74 Å². The van der Waals surface area contributed by atoms with Crippen LogP contribution >= 0.6 is 22.6 Å². The molecular weight excluding hydrogens is 299 g/mol. The molecule has 1 aromatic carbocycles. The summed E-state index contributed by atoms with van der Waals surface area (Å²) in [4.78, 5) is 0. The van der Waals surface area contributed by atoms with Crippen molar-refractivity contribution in [3.8, 4) is 0 Å². The molecule has 1 saturated heterocycles. The van der Waals surface area contributed by atoms with Gasteiger partial charge in [-0.2, -0.15) is 0 Å². The summed E-state index contributed by atoms with van der Waals surface area (Å²) in [6.45, 7) is 0.897. The minimum absolute atomic E-state index is 0.363. The van der Waals surface area contributed by atoms with Crippen molar-refractivity contribution in [3.63, 3.8) is 0 Å². The van der Waals surface area contributed by atoms with E-state index in [-0.39, 0.29) is 0 Å². The predicted molar refractivity (Wildman–Crippen MR) is 71.2 cm³/mol. The standard InChI is InChI=1S/C13H15IO/c14-10-12-8-9-15-13(12)7-6-11-4-2-1-3-5-11/h1-5,10,13H,6-9H2/b12-10-. The summed E-state index contributed by atoms with van der Waals surface area (Å²) in [5.41, 5.74) is 2.87. The SMILES string of the molecule is I/C=C1/CCOC1CCc1ccccc1. The van der Waals surface area contributed by atoms with Gasteiger partial charge in [-0.1, -0.05) is 52.9 Å². The van der Waals surface area contributed by atoms with Gasteiger partial charge in [-0.15, -0.1) is 0 Å². The second-order valence-corrected chi connectivity index (χ2v) is 4.44. The Balaban J connectivity index is 1.88. The van der Waals surface area contributed by atoms with Crippen LogP contribution in [-0.4, -0.2) is 12.7 Å². The van der Waals surface area contributed by atoms with Crippen LogP contribution in [0.2, 0.25) is 0 Å². The molecule has 1 aliphatic rings. The van der Waals surface area contributed by atoms with Crippen LogP contribution < -0.4 is 0 Å². The number of benzene rings is 1. The van der Waals surface area contributed by atoms with Crippen LogP contribution in [0.5, 0.6) is 0 Å². The molecule has 0 spiro atoms. The maximum Gasteiger partial charge on any atom is 0.0796 e. The molecule has 15 heavy (non-hydrogen) atoms. The Morgan fingerprint density at radius 2 is 2.13 bits per heavy atom. The van der Waals surface area contributed by atoms with Gasteiger partial charge < -0.3 is 4.74 Å². The predicted octanol–water partition coefficient (Wildman–Crippen LogP) is 3.73. The van der Waals surface area contributed by atoms with Crippen molar-refractivity contribution in [1.29, 1.82) is 0 Å². The van der Waals surface area contributed by atoms with Crippen LogP contribution in [0.15, 0.2) is 40.0 Å². The third kappa shape index (κ3) is 3.05. The first-order chi connectivity index (χ1) is 7.40. The average molecular weight is 314 g/mol. The highest BCUT2D eigenvalue weighted by Crippen LogP contribution is 2.25. The molecule has 1 nitrogen and oxygen atoms in total. The molecule has 1 aliphatic heterocycles. The van der Waals surface area contributed by atoms with Gasteiger partial charge in [0, 0.05) is 0 Å². The summed E-state index contributed by atoms with van der Waals surface area (Å²) in [5.74, 6) is 0. The average Bonchev–Trinajstić information content (AvgIpc) is 2.75. The smallest absolute Gasteiger partial charge is 0.0796 e. The number of halogens is 1. The Bertz CT molecular complexity index is 332. The van der Waals surface area contributed by atoms with Crippen molar-refractivity contribution in [2.45, 2.75) is 25.4 Å². The molecule has 1 unspecified atom stereocenters. The lowest BCUT2D eigenvalue weighted by atomic mass is 10.0. The van der Waals surface area contributed by atoms with E-state index in [1.54, 1.807) is 0 Å². The largest absolute Gasteiger partial charge is 0.373 e. The fourth-order valence-electron chi connectivity index (χ4n) is 1.92. The Kier molecular flexibility index (Phi) is 4.20. The number of ether oxygens (including phenoxy) is 1. The molecule has 1 heterocycles. The number of hydrogen-bond donors (Lipinski definition) is 0. The maximum atomic E-state index is 5.71. The maximum absolute atomic E-state index is 5.71. The third-order valence-electron chi connectivity index (χ3n) is 2.80. The Morgan fingerprint density at radius 1 is 1.33 bits per heavy atom. The van der Waals surface area contributed by atoms with Gasteiger partial charge in [-0.3, -0.25) is 0 Å². The summed E-state index contributed by atoms with van der Waals surface area (Å²) in [6.07, 6.45) is 3.70. The molecule has 1 atom stereocenters. The second-order valence-electron chi connectivity index (χ2n) is 3.82. The first-order valence-corrected chi connectivity index (χ1v) is 6.59. The summed E-state index contributed by atoms with van der Waals surface area (Å²) >= 11 is 2.32. The summed E-state index contributed by atoms with van der Waals surface area (Å²) in [7, 11) is 0. The molecule has 0 amide bonds. The molecule has 0 radical (unpaired) electrons. The zero-order valence-electron chi connectivity index (χ0n) is 8.66. The van der Waals surface area contributed by atoms with E-state index < -0.39 is 0 Å². The molecule has 0 N–H and O–H groups in total. The molecule has 2 heteroatoms. The van der Waals surface area contributed by atoms with Gasteiger partial charge in [-0.25, -0.2) is 0 Å². The van der Waals surface area contributed by atoms with Crippen molar-refractivity contribution in [2.75, 3.05) is 6.61 Å². The number of hydrogen-bond acceptors (Lipinski definition) is 1. The number of rotatable bonds is 3. The van der Waals surface area contributed by atoms with Crippen LogP contribution in [0.25, 0.3) is 0 Å². The lowest BCUT2D eigenvalue weighted by molar-refractivity contribution is 0.118. The van der Waals surface area contributed by atoms with Crippen molar-refractivity contribution >= 4 is 22.6 Å². The molecular formula is C13H15IO. The second kappa shape index (κ2) is 5.66. The quantitative estimate of drug-likeness (QED) is 0.773. The lowest BCUT2D eigenvalue weighted by Gasteiger charge is -2.10. The zero-order valence-corrected chi connectivity index (χ0v) is 10.8. The Morgan fingerprint density at radius 3 is 2.87 bits per heavy atom. The van der Waals surface area contributed by atoms with Gasteiger partial charge in [0.15, 0.2) is 0 Å². The van der Waals surface area contributed by atoms with E-state index in [0.717, 1.165) is 25.9 Å². The zero-order chi connectivity index (χ0) is 10.5. The van der Waals surface area contributed by atoms with E-state index >= 15 is 0 Å². The van der Waals surface area contributed by atoms with Crippen LogP contribution in [0.3, 0.4) is 0 Å². The molecule has 1 aromatic rings. The van der Waals surface area contributed by atoms with Crippen molar-refractivity contribution in [3.05, 3.63) is 45.6 Å². The van der Waals surface area contributed by atoms with E-state index in [0.29, 0.717) is 6.10 Å². The van der Waals surface area contributed by atoms with Gasteiger partial charge in [0.1, 0.15) is 0 Å². The molecule has 0 bridgehead atoms. The van der Waals surface area contributed by atoms with E-state index in [1.807, 2.05) is 0 Å². The van der Waals surface area contributed by atoms with Gasteiger partial charge in [0.25, 0.3) is 0 Å². The van der Waals surface area contributed by atoms with Crippen molar-refractivity contribution < 1.29 is 4.74 Å². The fraction of sp³-hybridized carbons (Fsp3) is 0.385. The molecule has 2 rings (SSSR count).